The van der Waals surface area contributed by atoms with Crippen molar-refractivity contribution in [2.45, 2.75) is 6.54 Å². The predicted octanol–water partition coefficient (Wildman–Crippen LogP) is 3.13. The lowest BCUT2D eigenvalue weighted by molar-refractivity contribution is -0.384. The fourth-order valence-electron chi connectivity index (χ4n) is 2.76. The number of nitrogens with one attached hydrogen (secondary N) is 2. The van der Waals surface area contributed by atoms with Gasteiger partial charge < -0.3 is 16.0 Å². The van der Waals surface area contributed by atoms with Crippen molar-refractivity contribution in [1.82, 2.24) is 19.9 Å². The normalized spacial score (nSPS) is 10.9. The van der Waals surface area contributed by atoms with E-state index in [0.29, 0.717) is 35.0 Å². The fraction of sp³-hybridized carbons (Fsp3) is 0.0556. The number of anilines is 2. The standard InChI is InChI=1S/C18H15N7O2/c19-9-11-3-1-4-12(7-11)15-16-17(21-10-20-16)24-18(23-15)22-13-5-2-6-14(8-13)25(26)27/h1-8,10H,9,19H2,(H2,20,21,22,23,24). The summed E-state index contributed by atoms with van der Waals surface area (Å²) < 4.78 is 0. The number of nitro benzene ring substituents is 1. The highest BCUT2D eigenvalue weighted by molar-refractivity contribution is 5.88. The molecule has 27 heavy (non-hydrogen) atoms. The Morgan fingerprint density at radius 2 is 2.00 bits per heavy atom. The van der Waals surface area contributed by atoms with Crippen LogP contribution in [0, 0.1) is 10.1 Å². The molecule has 4 N–H and O–H groups in total. The number of imidazole rings is 1. The smallest absolute Gasteiger partial charge is 0.271 e. The van der Waals surface area contributed by atoms with E-state index in [2.05, 4.69) is 25.3 Å². The number of nitro groups is 1. The lowest BCUT2D eigenvalue weighted by Crippen LogP contribution is -2.01. The second-order valence-electron chi connectivity index (χ2n) is 5.83. The Morgan fingerprint density at radius 1 is 1.15 bits per heavy atom. The van der Waals surface area contributed by atoms with Crippen LogP contribution in [-0.4, -0.2) is 24.9 Å². The lowest BCUT2D eigenvalue weighted by atomic mass is 10.1. The molecule has 4 rings (SSSR count). The summed E-state index contributed by atoms with van der Waals surface area (Å²) in [5.41, 5.74) is 9.91. The average molecular weight is 361 g/mol. The summed E-state index contributed by atoms with van der Waals surface area (Å²) in [7, 11) is 0. The Labute approximate surface area is 153 Å². The van der Waals surface area contributed by atoms with Gasteiger partial charge >= 0.3 is 0 Å². The zero-order valence-corrected chi connectivity index (χ0v) is 14.1. The van der Waals surface area contributed by atoms with Gasteiger partial charge in [0.15, 0.2) is 5.65 Å². The third-order valence-electron chi connectivity index (χ3n) is 4.03. The number of aromatic amines is 1. The van der Waals surface area contributed by atoms with Crippen LogP contribution in [0.2, 0.25) is 0 Å². The number of non-ortho nitro benzene ring substituents is 1. The van der Waals surface area contributed by atoms with E-state index in [0.717, 1.165) is 11.1 Å². The molecule has 0 aliphatic rings. The molecule has 0 radical (unpaired) electrons. The van der Waals surface area contributed by atoms with Gasteiger partial charge in [0.2, 0.25) is 5.95 Å². The van der Waals surface area contributed by atoms with Crippen molar-refractivity contribution in [1.29, 1.82) is 0 Å². The van der Waals surface area contributed by atoms with Crippen LogP contribution in [0.4, 0.5) is 17.3 Å². The first-order chi connectivity index (χ1) is 13.1. The highest BCUT2D eigenvalue weighted by Gasteiger charge is 2.13. The molecule has 9 nitrogen and oxygen atoms in total. The van der Waals surface area contributed by atoms with E-state index >= 15 is 0 Å². The Hall–Kier alpha value is -3.85. The van der Waals surface area contributed by atoms with Gasteiger partial charge in [-0.15, -0.1) is 0 Å². The number of H-pyrrole nitrogens is 1. The monoisotopic (exact) mass is 361 g/mol. The van der Waals surface area contributed by atoms with Crippen molar-refractivity contribution in [3.05, 3.63) is 70.5 Å². The zero-order chi connectivity index (χ0) is 18.8. The largest absolute Gasteiger partial charge is 0.329 e. The molecular weight excluding hydrogens is 346 g/mol. The first kappa shape index (κ1) is 16.6. The fourth-order valence-corrected chi connectivity index (χ4v) is 2.76. The molecule has 0 spiro atoms. The Bertz CT molecular complexity index is 1140. The molecule has 0 saturated carbocycles. The SMILES string of the molecule is NCc1cccc(-c2nc(Nc3cccc([N+](=O)[O-])c3)nc3[nH]cnc23)c1. The molecule has 2 heterocycles. The topological polar surface area (TPSA) is 136 Å². The number of nitrogens with zero attached hydrogens (tertiary/aromatic N) is 4. The van der Waals surface area contributed by atoms with Crippen LogP contribution in [0.15, 0.2) is 54.9 Å². The molecule has 2 aromatic heterocycles. The summed E-state index contributed by atoms with van der Waals surface area (Å²) in [5.74, 6) is 0.306. The van der Waals surface area contributed by atoms with Gasteiger partial charge in [0.1, 0.15) is 11.2 Å². The molecular formula is C18H15N7O2. The van der Waals surface area contributed by atoms with Crippen LogP contribution >= 0.6 is 0 Å². The van der Waals surface area contributed by atoms with E-state index in [-0.39, 0.29) is 5.69 Å². The third-order valence-corrected chi connectivity index (χ3v) is 4.03. The van der Waals surface area contributed by atoms with Crippen LogP contribution in [0.1, 0.15) is 5.56 Å². The molecule has 0 aliphatic carbocycles. The molecule has 0 unspecified atom stereocenters. The van der Waals surface area contributed by atoms with E-state index < -0.39 is 4.92 Å². The second-order valence-corrected chi connectivity index (χ2v) is 5.83. The van der Waals surface area contributed by atoms with Gasteiger partial charge in [-0.05, 0) is 17.7 Å². The van der Waals surface area contributed by atoms with E-state index in [1.807, 2.05) is 24.3 Å². The first-order valence-corrected chi connectivity index (χ1v) is 8.16. The molecule has 0 saturated heterocycles. The Balaban J connectivity index is 1.78. The number of fused-ring (bicyclic) bond motifs is 1. The van der Waals surface area contributed by atoms with Crippen molar-refractivity contribution in [2.24, 2.45) is 5.73 Å². The molecule has 0 fully saturated rings. The quantitative estimate of drug-likeness (QED) is 0.367. The minimum Gasteiger partial charge on any atom is -0.329 e. The van der Waals surface area contributed by atoms with Crippen molar-refractivity contribution >= 4 is 28.5 Å². The Kier molecular flexibility index (Phi) is 4.19. The van der Waals surface area contributed by atoms with Crippen LogP contribution in [0.5, 0.6) is 0 Å². The van der Waals surface area contributed by atoms with Crippen molar-refractivity contribution in [3.8, 4) is 11.3 Å². The molecule has 0 atom stereocenters. The second kappa shape index (κ2) is 6.81. The highest BCUT2D eigenvalue weighted by atomic mass is 16.6. The van der Waals surface area contributed by atoms with E-state index in [4.69, 9.17) is 5.73 Å². The average Bonchev–Trinajstić information content (AvgIpc) is 3.16. The molecule has 9 heteroatoms. The maximum Gasteiger partial charge on any atom is 0.271 e. The van der Waals surface area contributed by atoms with Gasteiger partial charge in [-0.25, -0.2) is 9.97 Å². The van der Waals surface area contributed by atoms with Crippen LogP contribution < -0.4 is 11.1 Å². The van der Waals surface area contributed by atoms with Crippen LogP contribution in [0.3, 0.4) is 0 Å². The van der Waals surface area contributed by atoms with Gasteiger partial charge in [-0.2, -0.15) is 4.98 Å². The lowest BCUT2D eigenvalue weighted by Gasteiger charge is -2.09. The summed E-state index contributed by atoms with van der Waals surface area (Å²) in [6.07, 6.45) is 1.55. The van der Waals surface area contributed by atoms with E-state index in [1.165, 1.54) is 12.1 Å². The molecule has 0 bridgehead atoms. The van der Waals surface area contributed by atoms with E-state index in [1.54, 1.807) is 18.5 Å². The molecule has 0 amide bonds. The summed E-state index contributed by atoms with van der Waals surface area (Å²) in [5, 5.41) is 14.0. The van der Waals surface area contributed by atoms with Gasteiger partial charge in [0, 0.05) is 29.9 Å². The molecule has 4 aromatic rings. The summed E-state index contributed by atoms with van der Waals surface area (Å²) in [6, 6.07) is 13.9. The summed E-state index contributed by atoms with van der Waals surface area (Å²) in [6.45, 7) is 0.418. The number of nitrogens with two attached hydrogens (primary N) is 1. The van der Waals surface area contributed by atoms with Crippen LogP contribution in [0.25, 0.3) is 22.4 Å². The molecule has 134 valence electrons. The third kappa shape index (κ3) is 3.31. The minimum atomic E-state index is -0.451. The van der Waals surface area contributed by atoms with Crippen molar-refractivity contribution in [3.63, 3.8) is 0 Å². The summed E-state index contributed by atoms with van der Waals surface area (Å²) >= 11 is 0. The number of hydrogen-bond donors (Lipinski definition) is 3. The van der Waals surface area contributed by atoms with Crippen LogP contribution in [-0.2, 0) is 6.54 Å². The highest BCUT2D eigenvalue weighted by Crippen LogP contribution is 2.27. The number of aromatic nitrogens is 4. The summed E-state index contributed by atoms with van der Waals surface area (Å²) in [4.78, 5) is 26.8. The number of benzene rings is 2. The number of rotatable bonds is 5. The van der Waals surface area contributed by atoms with Crippen molar-refractivity contribution < 1.29 is 4.92 Å². The first-order valence-electron chi connectivity index (χ1n) is 8.16. The zero-order valence-electron chi connectivity index (χ0n) is 14.1. The van der Waals surface area contributed by atoms with Gasteiger partial charge in [0.05, 0.1) is 11.3 Å². The maximum absolute atomic E-state index is 11.0. The predicted molar refractivity (Wildman–Crippen MR) is 101 cm³/mol. The minimum absolute atomic E-state index is 0.0153. The number of hydrogen-bond acceptors (Lipinski definition) is 7. The maximum atomic E-state index is 11.0. The van der Waals surface area contributed by atoms with Gasteiger partial charge in [0.25, 0.3) is 5.69 Å². The van der Waals surface area contributed by atoms with Gasteiger partial charge in [-0.3, -0.25) is 10.1 Å². The van der Waals surface area contributed by atoms with E-state index in [9.17, 15) is 10.1 Å². The van der Waals surface area contributed by atoms with Crippen molar-refractivity contribution in [2.75, 3.05) is 5.32 Å². The Morgan fingerprint density at radius 3 is 2.81 bits per heavy atom. The van der Waals surface area contributed by atoms with Gasteiger partial charge in [-0.1, -0.05) is 24.3 Å². The molecule has 0 aliphatic heterocycles. The molecule has 2 aromatic carbocycles.